The predicted molar refractivity (Wildman–Crippen MR) is 144 cm³/mol. The van der Waals surface area contributed by atoms with Gasteiger partial charge in [-0.15, -0.1) is 0 Å². The van der Waals surface area contributed by atoms with Crippen molar-refractivity contribution in [2.75, 3.05) is 0 Å². The van der Waals surface area contributed by atoms with Gasteiger partial charge in [-0.25, -0.2) is 0 Å². The number of furan rings is 1. The number of aromatic nitrogens is 1. The van der Waals surface area contributed by atoms with Gasteiger partial charge in [0.05, 0.1) is 33.3 Å². The van der Waals surface area contributed by atoms with E-state index in [-0.39, 0.29) is 0 Å². The number of hydrogen-bond donors (Lipinski definition) is 0. The van der Waals surface area contributed by atoms with Crippen LogP contribution in [0.15, 0.2) is 89.3 Å². The number of para-hydroxylation sites is 3. The highest BCUT2D eigenvalue weighted by molar-refractivity contribution is 6.65. The van der Waals surface area contributed by atoms with Crippen LogP contribution >= 0.6 is 0 Å². The van der Waals surface area contributed by atoms with Gasteiger partial charge in [0.25, 0.3) is 0 Å². The molecule has 1 saturated heterocycles. The Balaban J connectivity index is 1.52. The van der Waals surface area contributed by atoms with Crippen molar-refractivity contribution in [3.05, 3.63) is 84.9 Å². The fourth-order valence-corrected chi connectivity index (χ4v) is 5.37. The van der Waals surface area contributed by atoms with E-state index in [1.54, 1.807) is 0 Å². The van der Waals surface area contributed by atoms with Crippen LogP contribution in [0.25, 0.3) is 49.4 Å². The van der Waals surface area contributed by atoms with E-state index in [9.17, 15) is 0 Å². The smallest absolute Gasteiger partial charge is 0.456 e. The summed E-state index contributed by atoms with van der Waals surface area (Å²) in [5, 5.41) is 4.63. The van der Waals surface area contributed by atoms with E-state index in [4.69, 9.17) is 13.7 Å². The molecule has 0 spiro atoms. The molecule has 0 unspecified atom stereocenters. The second-order valence-corrected chi connectivity index (χ2v) is 10.4. The second kappa shape index (κ2) is 7.00. The zero-order valence-corrected chi connectivity index (χ0v) is 20.3. The highest BCUT2D eigenvalue weighted by atomic mass is 16.7. The zero-order chi connectivity index (χ0) is 23.9. The van der Waals surface area contributed by atoms with Crippen molar-refractivity contribution in [1.82, 2.24) is 4.57 Å². The first-order valence-corrected chi connectivity index (χ1v) is 12.1. The van der Waals surface area contributed by atoms with E-state index < -0.39 is 18.3 Å². The Morgan fingerprint density at radius 1 is 0.629 bits per heavy atom. The standard InChI is InChI=1S/C30H26BNO3/c1-29(2)30(3,4)35-31(34-29)22-14-9-13-21-27-25(17-10-18-26(27)33-28(21)22)32-23-15-7-5-11-19(23)20-12-6-8-16-24(20)32/h5-18H,1-4H3. The van der Waals surface area contributed by atoms with E-state index in [0.29, 0.717) is 0 Å². The monoisotopic (exact) mass is 459 g/mol. The normalized spacial score (nSPS) is 17.3. The van der Waals surface area contributed by atoms with Crippen LogP contribution in [-0.2, 0) is 9.31 Å². The third kappa shape index (κ3) is 2.83. The molecular formula is C30H26BNO3. The summed E-state index contributed by atoms with van der Waals surface area (Å²) in [5.41, 5.74) is 5.21. The van der Waals surface area contributed by atoms with Gasteiger partial charge in [-0.3, -0.25) is 0 Å². The maximum absolute atomic E-state index is 6.52. The van der Waals surface area contributed by atoms with Gasteiger partial charge < -0.3 is 18.3 Å². The summed E-state index contributed by atoms with van der Waals surface area (Å²) < 4.78 is 21.6. The lowest BCUT2D eigenvalue weighted by Gasteiger charge is -2.32. The van der Waals surface area contributed by atoms with Crippen molar-refractivity contribution in [1.29, 1.82) is 0 Å². The Kier molecular flexibility index (Phi) is 4.16. The van der Waals surface area contributed by atoms with Crippen LogP contribution in [0, 0.1) is 0 Å². The van der Waals surface area contributed by atoms with Crippen molar-refractivity contribution >= 4 is 56.3 Å². The molecule has 4 aromatic carbocycles. The minimum Gasteiger partial charge on any atom is -0.456 e. The van der Waals surface area contributed by atoms with Crippen molar-refractivity contribution in [2.24, 2.45) is 0 Å². The third-order valence-electron chi connectivity index (χ3n) is 7.86. The SMILES string of the molecule is CC1(C)OB(c2cccc3c2oc2cccc(-n4c5ccccc5c5ccccc54)c23)OC1(C)C. The zero-order valence-electron chi connectivity index (χ0n) is 20.3. The summed E-state index contributed by atoms with van der Waals surface area (Å²) in [6.07, 6.45) is 0. The summed E-state index contributed by atoms with van der Waals surface area (Å²) in [6.45, 7) is 8.30. The average molecular weight is 459 g/mol. The molecule has 0 amide bonds. The third-order valence-corrected chi connectivity index (χ3v) is 7.86. The molecule has 0 atom stereocenters. The molecule has 0 saturated carbocycles. The van der Waals surface area contributed by atoms with Crippen molar-refractivity contribution in [3.8, 4) is 5.69 Å². The molecule has 1 fully saturated rings. The lowest BCUT2D eigenvalue weighted by atomic mass is 9.78. The maximum atomic E-state index is 6.52. The molecule has 1 aliphatic rings. The van der Waals surface area contributed by atoms with Gasteiger partial charge in [0, 0.05) is 21.6 Å². The Bertz CT molecular complexity index is 1710. The second-order valence-electron chi connectivity index (χ2n) is 10.4. The minimum absolute atomic E-state index is 0.417. The molecule has 35 heavy (non-hydrogen) atoms. The molecule has 5 heteroatoms. The fourth-order valence-electron chi connectivity index (χ4n) is 5.37. The van der Waals surface area contributed by atoms with Crippen LogP contribution in [0.4, 0.5) is 0 Å². The van der Waals surface area contributed by atoms with Crippen LogP contribution in [0.5, 0.6) is 0 Å². The molecule has 3 heterocycles. The topological polar surface area (TPSA) is 36.5 Å². The largest absolute Gasteiger partial charge is 0.498 e. The Morgan fingerprint density at radius 3 is 1.86 bits per heavy atom. The van der Waals surface area contributed by atoms with E-state index in [2.05, 4.69) is 105 Å². The lowest BCUT2D eigenvalue weighted by Crippen LogP contribution is -2.41. The quantitative estimate of drug-likeness (QED) is 0.262. The maximum Gasteiger partial charge on any atom is 0.498 e. The molecule has 0 N–H and O–H groups in total. The van der Waals surface area contributed by atoms with Gasteiger partial charge in [0.1, 0.15) is 11.2 Å². The Hall–Kier alpha value is -3.54. The Labute approximate surface area is 204 Å². The van der Waals surface area contributed by atoms with Crippen molar-refractivity contribution in [2.45, 2.75) is 38.9 Å². The molecule has 4 nitrogen and oxygen atoms in total. The molecule has 6 aromatic rings. The predicted octanol–water partition coefficient (Wildman–Crippen LogP) is 6.98. The molecule has 0 aliphatic carbocycles. The van der Waals surface area contributed by atoms with Gasteiger partial charge in [-0.05, 0) is 52.0 Å². The van der Waals surface area contributed by atoms with Crippen LogP contribution < -0.4 is 5.46 Å². The highest BCUT2D eigenvalue weighted by Crippen LogP contribution is 2.40. The van der Waals surface area contributed by atoms with E-state index in [1.165, 1.54) is 21.8 Å². The van der Waals surface area contributed by atoms with E-state index >= 15 is 0 Å². The van der Waals surface area contributed by atoms with Gasteiger partial charge in [0.2, 0.25) is 0 Å². The van der Waals surface area contributed by atoms with Gasteiger partial charge >= 0.3 is 7.12 Å². The average Bonchev–Trinajstić information content (AvgIpc) is 3.46. The van der Waals surface area contributed by atoms with Crippen molar-refractivity contribution < 1.29 is 13.7 Å². The van der Waals surface area contributed by atoms with Crippen LogP contribution in [-0.4, -0.2) is 22.9 Å². The van der Waals surface area contributed by atoms with Crippen LogP contribution in [0.2, 0.25) is 0 Å². The summed E-state index contributed by atoms with van der Waals surface area (Å²) in [7, 11) is -0.485. The van der Waals surface area contributed by atoms with E-state index in [0.717, 1.165) is 33.1 Å². The number of rotatable bonds is 2. The first-order valence-electron chi connectivity index (χ1n) is 12.1. The highest BCUT2D eigenvalue weighted by Gasteiger charge is 2.52. The van der Waals surface area contributed by atoms with Gasteiger partial charge in [-0.2, -0.15) is 0 Å². The number of benzene rings is 4. The first-order chi connectivity index (χ1) is 16.9. The summed E-state index contributed by atoms with van der Waals surface area (Å²) in [4.78, 5) is 0. The van der Waals surface area contributed by atoms with Crippen LogP contribution in [0.1, 0.15) is 27.7 Å². The van der Waals surface area contributed by atoms with Gasteiger partial charge in [-0.1, -0.05) is 60.7 Å². The molecule has 0 bridgehead atoms. The molecule has 2 aromatic heterocycles. The Morgan fingerprint density at radius 2 is 1.20 bits per heavy atom. The number of fused-ring (bicyclic) bond motifs is 6. The first kappa shape index (κ1) is 20.8. The number of nitrogens with zero attached hydrogens (tertiary/aromatic N) is 1. The molecule has 0 radical (unpaired) electrons. The fraction of sp³-hybridized carbons (Fsp3) is 0.200. The molecular weight excluding hydrogens is 433 g/mol. The summed E-state index contributed by atoms with van der Waals surface area (Å²) >= 11 is 0. The minimum atomic E-state index is -0.485. The van der Waals surface area contributed by atoms with Crippen LogP contribution in [0.3, 0.4) is 0 Å². The molecule has 172 valence electrons. The van der Waals surface area contributed by atoms with Gasteiger partial charge in [0.15, 0.2) is 0 Å². The summed E-state index contributed by atoms with van der Waals surface area (Å²) in [5.74, 6) is 0. The number of hydrogen-bond acceptors (Lipinski definition) is 3. The van der Waals surface area contributed by atoms with E-state index in [1.807, 2.05) is 12.1 Å². The lowest BCUT2D eigenvalue weighted by molar-refractivity contribution is 0.00578. The summed E-state index contributed by atoms with van der Waals surface area (Å²) in [6, 6.07) is 29.7. The molecule has 7 rings (SSSR count). The van der Waals surface area contributed by atoms with Crippen molar-refractivity contribution in [3.63, 3.8) is 0 Å². The molecule has 1 aliphatic heterocycles.